The molecule has 2 aromatic heterocycles. The third kappa shape index (κ3) is 7.10. The summed E-state index contributed by atoms with van der Waals surface area (Å²) < 4.78 is 6.27. The number of para-hydroxylation sites is 2. The van der Waals surface area contributed by atoms with E-state index in [9.17, 15) is 0 Å². The van der Waals surface area contributed by atoms with Crippen LogP contribution in [0.2, 0.25) is 19.6 Å². The number of nitrogens with zero attached hydrogens (tertiary/aromatic N) is 2. The molecule has 2 bridgehead atoms. The molecule has 5 aromatic carbocycles. The van der Waals surface area contributed by atoms with Crippen LogP contribution in [0.3, 0.4) is 0 Å². The number of aliphatic imine (C=N–C) groups is 1. The zero-order valence-corrected chi connectivity index (χ0v) is 34.7. The van der Waals surface area contributed by atoms with Gasteiger partial charge in [-0.25, -0.2) is 0 Å². The van der Waals surface area contributed by atoms with Crippen LogP contribution in [0.5, 0.6) is 0 Å². The summed E-state index contributed by atoms with van der Waals surface area (Å²) in [6.45, 7) is 7.36. The van der Waals surface area contributed by atoms with Crippen molar-refractivity contribution in [1.29, 1.82) is 0 Å². The summed E-state index contributed by atoms with van der Waals surface area (Å²) in [7, 11) is -1.38. The Kier molecular flexibility index (Phi) is 10.4. The molecule has 273 valence electrons. The quantitative estimate of drug-likeness (QED) is 0.123. The van der Waals surface area contributed by atoms with E-state index in [-0.39, 0.29) is 26.0 Å². The maximum absolute atomic E-state index is 6.27. The molecule has 1 aliphatic heterocycles. The summed E-state index contributed by atoms with van der Waals surface area (Å²) in [5.41, 5.74) is 11.0. The molecule has 2 atom stereocenters. The molecule has 2 unspecified atom stereocenters. The van der Waals surface area contributed by atoms with Gasteiger partial charge in [0.2, 0.25) is 0 Å². The maximum atomic E-state index is 6.27. The van der Waals surface area contributed by atoms with E-state index in [1.165, 1.54) is 49.7 Å². The van der Waals surface area contributed by atoms with E-state index in [0.717, 1.165) is 67.9 Å². The van der Waals surface area contributed by atoms with Crippen molar-refractivity contribution in [2.24, 2.45) is 22.7 Å². The largest absolute Gasteiger partial charge is 0.501 e. The van der Waals surface area contributed by atoms with E-state index < -0.39 is 8.07 Å². The minimum Gasteiger partial charge on any atom is -0.501 e. The summed E-state index contributed by atoms with van der Waals surface area (Å²) in [6, 6.07) is 48.5. The maximum Gasteiger partial charge on any atom is 0.120 e. The Balaban J connectivity index is 0.000000151. The van der Waals surface area contributed by atoms with Gasteiger partial charge in [-0.2, -0.15) is 0 Å². The van der Waals surface area contributed by atoms with Crippen LogP contribution < -0.4 is 5.19 Å². The van der Waals surface area contributed by atoms with Crippen molar-refractivity contribution in [3.05, 3.63) is 162 Å². The molecule has 7 aromatic rings. The fourth-order valence-corrected chi connectivity index (χ4v) is 10.9. The predicted octanol–water partition coefficient (Wildman–Crippen LogP) is 12.1. The molecule has 5 heteroatoms. The SMILES string of the molecule is C[Si](C)(C)c1cnc(-c2[c-]cccc2)cc1CC1CC2CCC1CC2.[Ir].[c-]1ccc2c(oc3ccccc32)c1C1=Nc2ccccc2C1c1ccccc1. The molecular weight excluding hydrogens is 853 g/mol. The molecule has 1 radical (unpaired) electrons. The molecule has 0 amide bonds. The third-order valence-corrected chi connectivity index (χ3v) is 14.0. The Morgan fingerprint density at radius 3 is 2.28 bits per heavy atom. The van der Waals surface area contributed by atoms with Crippen molar-refractivity contribution in [2.45, 2.75) is 64.1 Å². The van der Waals surface area contributed by atoms with Gasteiger partial charge < -0.3 is 9.40 Å². The van der Waals surface area contributed by atoms with Crippen LogP contribution in [-0.4, -0.2) is 18.8 Å². The standard InChI is InChI=1S/C26H16NO.C23H30NSi.Ir/c1-2-9-17(10-3-1)24-20-12-4-6-15-22(20)27-25(24)21-14-8-13-19-18-11-5-7-16-23(18)28-26(19)21;1-25(2,3)23-16-24-22(19-7-5-4-6-8-19)15-21(23)14-20-13-17-9-11-18(20)12-10-17;/h1-13,15-16,24H;4-7,15-18,20H,9-14H2,1-3H3;/q2*-1;. The van der Waals surface area contributed by atoms with Gasteiger partial charge in [0.05, 0.1) is 19.3 Å². The molecule has 54 heavy (non-hydrogen) atoms. The first-order valence-corrected chi connectivity index (χ1v) is 22.9. The first-order chi connectivity index (χ1) is 25.9. The number of benzene rings is 5. The van der Waals surface area contributed by atoms with Gasteiger partial charge in [0.15, 0.2) is 0 Å². The van der Waals surface area contributed by atoms with E-state index in [2.05, 4.69) is 111 Å². The zero-order valence-electron chi connectivity index (χ0n) is 31.3. The second-order valence-corrected chi connectivity index (χ2v) is 21.4. The van der Waals surface area contributed by atoms with E-state index in [1.807, 2.05) is 48.5 Å². The fourth-order valence-electron chi connectivity index (χ4n) is 9.33. The Hall–Kier alpha value is -4.41. The molecule has 3 nitrogen and oxygen atoms in total. The molecule has 3 aliphatic carbocycles. The molecule has 0 saturated heterocycles. The molecular formula is C49H46IrN2OSi-2. The number of hydrogen-bond acceptors (Lipinski definition) is 3. The first kappa shape index (κ1) is 36.6. The van der Waals surface area contributed by atoms with Crippen molar-refractivity contribution >= 4 is 46.6 Å². The van der Waals surface area contributed by atoms with Gasteiger partial charge in [-0.3, -0.25) is 4.99 Å². The summed E-state index contributed by atoms with van der Waals surface area (Å²) in [6.07, 6.45) is 10.8. The van der Waals surface area contributed by atoms with Crippen LogP contribution >= 0.6 is 0 Å². The second-order valence-electron chi connectivity index (χ2n) is 16.3. The first-order valence-electron chi connectivity index (χ1n) is 19.4. The number of pyridine rings is 1. The minimum absolute atomic E-state index is 0. The average Bonchev–Trinajstić information content (AvgIpc) is 3.78. The van der Waals surface area contributed by atoms with E-state index >= 15 is 0 Å². The van der Waals surface area contributed by atoms with E-state index in [1.54, 1.807) is 10.8 Å². The predicted molar refractivity (Wildman–Crippen MR) is 222 cm³/mol. The smallest absolute Gasteiger partial charge is 0.120 e. The Morgan fingerprint density at radius 1 is 0.759 bits per heavy atom. The Morgan fingerprint density at radius 2 is 1.52 bits per heavy atom. The van der Waals surface area contributed by atoms with Crippen LogP contribution in [0.15, 0.2) is 137 Å². The average molecular weight is 899 g/mol. The number of rotatable bonds is 6. The fraction of sp³-hybridized carbons (Fsp3) is 0.265. The summed E-state index contributed by atoms with van der Waals surface area (Å²) in [5.74, 6) is 2.96. The van der Waals surface area contributed by atoms with E-state index in [4.69, 9.17) is 14.4 Å². The van der Waals surface area contributed by atoms with Crippen LogP contribution in [0.1, 0.15) is 60.3 Å². The molecule has 3 heterocycles. The van der Waals surface area contributed by atoms with Crippen molar-refractivity contribution in [3.63, 3.8) is 0 Å². The molecule has 3 saturated carbocycles. The van der Waals surface area contributed by atoms with Crippen LogP contribution in [0.4, 0.5) is 5.69 Å². The summed E-state index contributed by atoms with van der Waals surface area (Å²) in [5, 5.41) is 3.79. The van der Waals surface area contributed by atoms with Gasteiger partial charge in [-0.15, -0.1) is 54.1 Å². The summed E-state index contributed by atoms with van der Waals surface area (Å²) in [4.78, 5) is 9.85. The Bertz CT molecular complexity index is 2420. The molecule has 0 spiro atoms. The topological polar surface area (TPSA) is 38.4 Å². The van der Waals surface area contributed by atoms with Crippen LogP contribution in [0, 0.1) is 29.9 Å². The normalized spacial score (nSPS) is 20.2. The molecule has 0 N–H and O–H groups in total. The van der Waals surface area contributed by atoms with Crippen molar-refractivity contribution in [2.75, 3.05) is 0 Å². The summed E-state index contributed by atoms with van der Waals surface area (Å²) >= 11 is 0. The monoisotopic (exact) mass is 899 g/mol. The number of furan rings is 1. The number of fused-ring (bicyclic) bond motifs is 7. The Labute approximate surface area is 334 Å². The van der Waals surface area contributed by atoms with Gasteiger partial charge >= 0.3 is 0 Å². The van der Waals surface area contributed by atoms with E-state index in [0.29, 0.717) is 0 Å². The van der Waals surface area contributed by atoms with Crippen molar-refractivity contribution < 1.29 is 24.5 Å². The molecule has 4 aliphatic rings. The zero-order chi connectivity index (χ0) is 35.9. The van der Waals surface area contributed by atoms with Gasteiger partial charge in [0, 0.05) is 37.6 Å². The van der Waals surface area contributed by atoms with Crippen LogP contribution in [-0.2, 0) is 26.5 Å². The van der Waals surface area contributed by atoms with Crippen LogP contribution in [0.25, 0.3) is 33.2 Å². The number of aromatic nitrogens is 1. The molecule has 3 fully saturated rings. The van der Waals surface area contributed by atoms with Gasteiger partial charge in [0.1, 0.15) is 5.58 Å². The minimum atomic E-state index is -1.38. The van der Waals surface area contributed by atoms with Crippen molar-refractivity contribution in [3.8, 4) is 11.3 Å². The van der Waals surface area contributed by atoms with Crippen molar-refractivity contribution in [1.82, 2.24) is 4.98 Å². The second kappa shape index (κ2) is 15.4. The number of hydrogen-bond donors (Lipinski definition) is 0. The third-order valence-electron chi connectivity index (χ3n) is 11.9. The van der Waals surface area contributed by atoms with Gasteiger partial charge in [-0.1, -0.05) is 122 Å². The van der Waals surface area contributed by atoms with Gasteiger partial charge in [-0.05, 0) is 83.3 Å². The molecule has 11 rings (SSSR count). The van der Waals surface area contributed by atoms with Gasteiger partial charge in [0.25, 0.3) is 0 Å².